The molecule has 1 aliphatic rings. The molecule has 1 aromatic heterocycles. The third-order valence-corrected chi connectivity index (χ3v) is 7.26. The highest BCUT2D eigenvalue weighted by Gasteiger charge is 2.38. The van der Waals surface area contributed by atoms with Crippen molar-refractivity contribution in [1.82, 2.24) is 9.88 Å². The van der Waals surface area contributed by atoms with Crippen molar-refractivity contribution < 1.29 is 35.5 Å². The molecular weight excluding hydrogens is 534 g/mol. The number of aromatic nitrogens is 1. The van der Waals surface area contributed by atoms with Gasteiger partial charge in [-0.3, -0.25) is 4.90 Å². The van der Waals surface area contributed by atoms with Crippen LogP contribution in [0.3, 0.4) is 0 Å². The lowest BCUT2D eigenvalue weighted by Gasteiger charge is -2.41. The predicted molar refractivity (Wildman–Crippen MR) is 137 cm³/mol. The van der Waals surface area contributed by atoms with Gasteiger partial charge >= 0.3 is 12.4 Å². The SMILES string of the molecule is Cc1ccc(C)c2oc(CN3CCCC(OCc4cc(C(F)(F)F)cc(C(F)(F)F)c4)C3c3ccccc3)nc12. The fraction of sp³-hybridized carbons (Fsp3) is 0.367. The topological polar surface area (TPSA) is 38.5 Å². The predicted octanol–water partition coefficient (Wildman–Crippen LogP) is 8.40. The van der Waals surface area contributed by atoms with Gasteiger partial charge in [0.2, 0.25) is 5.89 Å². The average molecular weight is 563 g/mol. The summed E-state index contributed by atoms with van der Waals surface area (Å²) in [6.45, 7) is 4.58. The van der Waals surface area contributed by atoms with Gasteiger partial charge in [0, 0.05) is 0 Å². The maximum atomic E-state index is 13.4. The Balaban J connectivity index is 1.43. The van der Waals surface area contributed by atoms with Crippen LogP contribution >= 0.6 is 0 Å². The Morgan fingerprint density at radius 3 is 2.17 bits per heavy atom. The number of likely N-dealkylation sites (tertiary alicyclic amines) is 1. The number of hydrogen-bond donors (Lipinski definition) is 0. The third kappa shape index (κ3) is 6.02. The lowest BCUT2D eigenvalue weighted by atomic mass is 9.92. The zero-order chi connectivity index (χ0) is 28.7. The van der Waals surface area contributed by atoms with Crippen LogP contribution in [0.1, 0.15) is 58.2 Å². The molecule has 0 aliphatic carbocycles. The van der Waals surface area contributed by atoms with Gasteiger partial charge in [0.05, 0.1) is 36.4 Å². The van der Waals surface area contributed by atoms with Crippen molar-refractivity contribution in [3.8, 4) is 0 Å². The molecule has 0 spiro atoms. The molecule has 10 heteroatoms. The smallest absolute Gasteiger partial charge is 0.416 e. The van der Waals surface area contributed by atoms with Crippen molar-refractivity contribution in [1.29, 1.82) is 0 Å². The van der Waals surface area contributed by atoms with E-state index in [4.69, 9.17) is 14.1 Å². The fourth-order valence-electron chi connectivity index (χ4n) is 5.31. The van der Waals surface area contributed by atoms with Crippen molar-refractivity contribution in [3.63, 3.8) is 0 Å². The first-order chi connectivity index (χ1) is 18.9. The monoisotopic (exact) mass is 562 g/mol. The van der Waals surface area contributed by atoms with Crippen molar-refractivity contribution >= 4 is 11.1 Å². The van der Waals surface area contributed by atoms with Gasteiger partial charge in [-0.05, 0) is 73.7 Å². The zero-order valence-electron chi connectivity index (χ0n) is 21.9. The van der Waals surface area contributed by atoms with E-state index in [1.807, 2.05) is 56.3 Å². The molecule has 0 saturated carbocycles. The summed E-state index contributed by atoms with van der Waals surface area (Å²) in [7, 11) is 0. The van der Waals surface area contributed by atoms with Gasteiger partial charge < -0.3 is 9.15 Å². The van der Waals surface area contributed by atoms with Gasteiger partial charge in [0.1, 0.15) is 5.52 Å². The number of hydrogen-bond acceptors (Lipinski definition) is 4. The molecule has 5 rings (SSSR count). The van der Waals surface area contributed by atoms with Crippen molar-refractivity contribution in [2.75, 3.05) is 6.54 Å². The van der Waals surface area contributed by atoms with Gasteiger partial charge in [-0.15, -0.1) is 0 Å². The Kier molecular flexibility index (Phi) is 7.67. The summed E-state index contributed by atoms with van der Waals surface area (Å²) in [6.07, 6.45) is -9.00. The summed E-state index contributed by atoms with van der Waals surface area (Å²) >= 11 is 0. The summed E-state index contributed by atoms with van der Waals surface area (Å²) < 4.78 is 92.4. The molecule has 2 heterocycles. The number of oxazole rings is 1. The second kappa shape index (κ2) is 10.9. The third-order valence-electron chi connectivity index (χ3n) is 7.26. The first-order valence-corrected chi connectivity index (χ1v) is 12.9. The van der Waals surface area contributed by atoms with Crippen LogP contribution in [0.25, 0.3) is 11.1 Å². The molecule has 40 heavy (non-hydrogen) atoms. The summed E-state index contributed by atoms with van der Waals surface area (Å²) in [6, 6.07) is 14.7. The highest BCUT2D eigenvalue weighted by molar-refractivity contribution is 5.79. The van der Waals surface area contributed by atoms with E-state index in [-0.39, 0.29) is 17.7 Å². The first kappa shape index (κ1) is 28.2. The molecule has 3 aromatic carbocycles. The van der Waals surface area contributed by atoms with Crippen molar-refractivity contribution in [2.24, 2.45) is 0 Å². The second-order valence-electron chi connectivity index (χ2n) is 10.2. The van der Waals surface area contributed by atoms with Gasteiger partial charge in [0.25, 0.3) is 0 Å². The van der Waals surface area contributed by atoms with Crippen molar-refractivity contribution in [3.05, 3.63) is 99.9 Å². The lowest BCUT2D eigenvalue weighted by molar-refractivity contribution is -0.143. The first-order valence-electron chi connectivity index (χ1n) is 12.9. The number of benzene rings is 3. The van der Waals surface area contributed by atoms with Crippen LogP contribution in [0.5, 0.6) is 0 Å². The molecule has 1 aliphatic heterocycles. The van der Waals surface area contributed by atoms with E-state index in [0.717, 1.165) is 46.3 Å². The van der Waals surface area contributed by atoms with E-state index >= 15 is 0 Å². The van der Waals surface area contributed by atoms with E-state index in [9.17, 15) is 26.3 Å². The number of halogens is 6. The lowest BCUT2D eigenvalue weighted by Crippen LogP contribution is -2.42. The maximum Gasteiger partial charge on any atom is 0.416 e. The number of rotatable bonds is 6. The van der Waals surface area contributed by atoms with E-state index in [2.05, 4.69) is 4.90 Å². The van der Waals surface area contributed by atoms with Gasteiger partial charge in [0.15, 0.2) is 5.58 Å². The summed E-state index contributed by atoms with van der Waals surface area (Å²) in [4.78, 5) is 6.86. The Hall–Kier alpha value is -3.37. The van der Waals surface area contributed by atoms with Crippen LogP contribution < -0.4 is 0 Å². The van der Waals surface area contributed by atoms with Crippen molar-refractivity contribution in [2.45, 2.75) is 64.3 Å². The highest BCUT2D eigenvalue weighted by Crippen LogP contribution is 2.38. The highest BCUT2D eigenvalue weighted by atomic mass is 19.4. The summed E-state index contributed by atoms with van der Waals surface area (Å²) in [5.74, 6) is 0.529. The quantitative estimate of drug-likeness (QED) is 0.221. The standard InChI is InChI=1S/C30H28F6N2O2/c1-18-10-11-19(2)28-26(18)37-25(40-28)16-38-12-6-9-24(27(38)21-7-4-3-5-8-21)39-17-20-13-22(29(31,32)33)15-23(14-20)30(34,35)36/h3-5,7-8,10-11,13-15,24,27H,6,9,12,16-17H2,1-2H3. The van der Waals surface area contributed by atoms with Gasteiger partial charge in [-0.2, -0.15) is 26.3 Å². The fourth-order valence-corrected chi connectivity index (χ4v) is 5.31. The van der Waals surface area contributed by atoms with Crippen LogP contribution in [0.2, 0.25) is 0 Å². The van der Waals surface area contributed by atoms with Gasteiger partial charge in [-0.1, -0.05) is 42.5 Å². The number of fused-ring (bicyclic) bond motifs is 1. The van der Waals surface area contributed by atoms with Gasteiger partial charge in [-0.25, -0.2) is 4.98 Å². The van der Waals surface area contributed by atoms with E-state index in [1.54, 1.807) is 0 Å². The van der Waals surface area contributed by atoms with E-state index in [1.165, 1.54) is 0 Å². The minimum Gasteiger partial charge on any atom is -0.439 e. The number of aryl methyl sites for hydroxylation is 2. The molecule has 2 unspecified atom stereocenters. The molecule has 0 N–H and O–H groups in total. The Morgan fingerprint density at radius 2 is 1.55 bits per heavy atom. The van der Waals surface area contributed by atoms with E-state index in [0.29, 0.717) is 25.4 Å². The maximum absolute atomic E-state index is 13.4. The molecule has 0 bridgehead atoms. The minimum atomic E-state index is -4.92. The summed E-state index contributed by atoms with van der Waals surface area (Å²) in [5, 5.41) is 0. The Morgan fingerprint density at radius 1 is 0.900 bits per heavy atom. The second-order valence-corrected chi connectivity index (χ2v) is 10.2. The molecular formula is C30H28F6N2O2. The molecule has 4 nitrogen and oxygen atoms in total. The summed E-state index contributed by atoms with van der Waals surface area (Å²) in [5.41, 5.74) is 1.51. The number of alkyl halides is 6. The number of nitrogens with zero attached hydrogens (tertiary/aromatic N) is 2. The van der Waals surface area contributed by atoms with E-state index < -0.39 is 36.2 Å². The molecule has 0 radical (unpaired) electrons. The average Bonchev–Trinajstić information content (AvgIpc) is 3.34. The molecule has 0 amide bonds. The van der Waals surface area contributed by atoms with Crippen LogP contribution in [-0.2, 0) is 30.2 Å². The molecule has 4 aromatic rings. The van der Waals surface area contributed by atoms with Crippen LogP contribution in [0.15, 0.2) is 65.1 Å². The molecule has 1 saturated heterocycles. The number of piperidine rings is 1. The largest absolute Gasteiger partial charge is 0.439 e. The Labute approximate surface area is 227 Å². The molecule has 2 atom stereocenters. The van der Waals surface area contributed by atoms with Crippen LogP contribution in [0, 0.1) is 13.8 Å². The molecule has 1 fully saturated rings. The van der Waals surface area contributed by atoms with Crippen LogP contribution in [0.4, 0.5) is 26.3 Å². The van der Waals surface area contributed by atoms with Crippen LogP contribution in [-0.4, -0.2) is 22.5 Å². The minimum absolute atomic E-state index is 0.127. The zero-order valence-corrected chi connectivity index (χ0v) is 21.9. The normalized spacial score (nSPS) is 18.9. The number of ether oxygens (including phenoxy) is 1. The Bertz CT molecular complexity index is 1410. The molecule has 212 valence electrons.